The van der Waals surface area contributed by atoms with Gasteiger partial charge >= 0.3 is 0 Å². The molecule has 0 aromatic heterocycles. The van der Waals surface area contributed by atoms with Gasteiger partial charge in [-0.15, -0.1) is 0 Å². The van der Waals surface area contributed by atoms with Crippen molar-refractivity contribution >= 4 is 18.2 Å². The van der Waals surface area contributed by atoms with E-state index in [2.05, 4.69) is 20.9 Å². The lowest BCUT2D eigenvalue weighted by atomic mass is 9.80. The molecule has 4 unspecified atom stereocenters. The number of aliphatic hydroxyl groups excluding tert-OH is 1. The molecule has 4 N–H and O–H groups in total. The summed E-state index contributed by atoms with van der Waals surface area (Å²) in [5, 5.41) is 20.4. The topological polar surface area (TPSA) is 152 Å². The minimum atomic E-state index is -1.16. The molecule has 3 aromatic carbocycles. The van der Waals surface area contributed by atoms with Gasteiger partial charge in [0, 0.05) is 13.0 Å². The summed E-state index contributed by atoms with van der Waals surface area (Å²) in [6.45, 7) is 3.49. The van der Waals surface area contributed by atoms with E-state index < -0.39 is 48.6 Å². The molecule has 13 heteroatoms. The Morgan fingerprint density at radius 3 is 2.35 bits per heavy atom. The van der Waals surface area contributed by atoms with E-state index in [0.29, 0.717) is 11.5 Å². The van der Waals surface area contributed by atoms with E-state index in [1.54, 1.807) is 33.0 Å². The van der Waals surface area contributed by atoms with Crippen LogP contribution in [-0.4, -0.2) is 99.1 Å². The molecule has 0 radical (unpaired) electrons. The second-order valence-corrected chi connectivity index (χ2v) is 12.4. The monoisotopic (exact) mass is 673 g/mol. The summed E-state index contributed by atoms with van der Waals surface area (Å²) in [6.07, 6.45) is -3.58. The minimum Gasteiger partial charge on any atom is -0.497 e. The Morgan fingerprint density at radius 2 is 1.67 bits per heavy atom. The Morgan fingerprint density at radius 1 is 0.980 bits per heavy atom. The van der Waals surface area contributed by atoms with Gasteiger partial charge in [-0.25, -0.2) is 0 Å². The van der Waals surface area contributed by atoms with Gasteiger partial charge in [0.25, 0.3) is 5.91 Å². The van der Waals surface area contributed by atoms with Crippen LogP contribution in [0.25, 0.3) is 0 Å². The van der Waals surface area contributed by atoms with Gasteiger partial charge < -0.3 is 44.3 Å². The smallest absolute Gasteiger partial charge is 0.251 e. The predicted octanol–water partition coefficient (Wildman–Crippen LogP) is 1.93. The fourth-order valence-electron chi connectivity index (χ4n) is 6.55. The van der Waals surface area contributed by atoms with Crippen LogP contribution in [0, 0.1) is 5.92 Å². The van der Waals surface area contributed by atoms with Crippen LogP contribution in [0.3, 0.4) is 0 Å². The summed E-state index contributed by atoms with van der Waals surface area (Å²) >= 11 is 0. The summed E-state index contributed by atoms with van der Waals surface area (Å²) < 4.78 is 30.4. The van der Waals surface area contributed by atoms with Crippen LogP contribution >= 0.6 is 0 Å². The number of aliphatic imine (C=N–C) groups is 1. The predicted molar refractivity (Wildman–Crippen MR) is 180 cm³/mol. The van der Waals surface area contributed by atoms with Crippen molar-refractivity contribution in [3.05, 3.63) is 95.6 Å². The molecule has 0 bridgehead atoms. The van der Waals surface area contributed by atoms with Crippen molar-refractivity contribution in [1.29, 1.82) is 0 Å². The van der Waals surface area contributed by atoms with Gasteiger partial charge in [-0.05, 0) is 41.0 Å². The van der Waals surface area contributed by atoms with Crippen LogP contribution < -0.4 is 25.4 Å². The maximum Gasteiger partial charge on any atom is 0.251 e. The largest absolute Gasteiger partial charge is 0.497 e. The first kappa shape index (κ1) is 34.3. The summed E-state index contributed by atoms with van der Waals surface area (Å²) in [6, 6.07) is 24.4. The highest BCUT2D eigenvalue weighted by molar-refractivity contribution is 5.88. The Hall–Kier alpha value is -4.53. The number of rotatable bonds is 12. The third kappa shape index (κ3) is 6.59. The van der Waals surface area contributed by atoms with Crippen LogP contribution in [0.5, 0.6) is 11.5 Å². The highest BCUT2D eigenvalue weighted by Gasteiger charge is 2.53. The third-order valence-corrected chi connectivity index (χ3v) is 9.18. The van der Waals surface area contributed by atoms with Crippen LogP contribution in [0.4, 0.5) is 0 Å². The van der Waals surface area contributed by atoms with Crippen molar-refractivity contribution in [1.82, 2.24) is 20.9 Å². The Labute approximate surface area is 285 Å². The van der Waals surface area contributed by atoms with E-state index in [-0.39, 0.29) is 24.3 Å². The van der Waals surface area contributed by atoms with Crippen LogP contribution in [0.2, 0.25) is 0 Å². The summed E-state index contributed by atoms with van der Waals surface area (Å²) in [5.41, 5.74) is 1.32. The normalized spacial score (nSPS) is 27.4. The summed E-state index contributed by atoms with van der Waals surface area (Å²) in [4.78, 5) is 31.5. The maximum atomic E-state index is 13.0. The van der Waals surface area contributed by atoms with Crippen molar-refractivity contribution in [3.8, 4) is 11.5 Å². The molecule has 3 heterocycles. The highest BCUT2D eigenvalue weighted by Crippen LogP contribution is 2.43. The molecule has 260 valence electrons. The van der Waals surface area contributed by atoms with Gasteiger partial charge in [-0.3, -0.25) is 19.9 Å². The number of fused-ring (bicyclic) bond motifs is 1. The van der Waals surface area contributed by atoms with Crippen LogP contribution in [0.1, 0.15) is 30.5 Å². The van der Waals surface area contributed by atoms with E-state index in [0.717, 1.165) is 16.7 Å². The number of nitrogens with one attached hydrogen (secondary N) is 3. The number of carbonyl (C=O) groups is 2. The van der Waals surface area contributed by atoms with E-state index in [4.69, 9.17) is 23.7 Å². The fourth-order valence-corrected chi connectivity index (χ4v) is 6.55. The fraction of sp³-hybridized carbons (Fsp3) is 0.417. The van der Waals surface area contributed by atoms with Crippen molar-refractivity contribution in [2.75, 3.05) is 27.9 Å². The van der Waals surface area contributed by atoms with Gasteiger partial charge in [0.1, 0.15) is 41.6 Å². The molecule has 2 amide bonds. The van der Waals surface area contributed by atoms with Gasteiger partial charge in [0.15, 0.2) is 18.6 Å². The zero-order valence-corrected chi connectivity index (χ0v) is 28.1. The summed E-state index contributed by atoms with van der Waals surface area (Å²) in [5.74, 6) is 0.488. The Kier molecular flexibility index (Phi) is 10.2. The summed E-state index contributed by atoms with van der Waals surface area (Å²) in [7, 11) is 4.72. The third-order valence-electron chi connectivity index (χ3n) is 9.18. The van der Waals surface area contributed by atoms with Gasteiger partial charge in [0.05, 0.1) is 27.2 Å². The minimum absolute atomic E-state index is 0.0459. The molecule has 13 nitrogen and oxygen atoms in total. The molecule has 8 atom stereocenters. The van der Waals surface area contributed by atoms with Crippen molar-refractivity contribution in [3.63, 3.8) is 0 Å². The average molecular weight is 674 g/mol. The molecule has 0 aliphatic carbocycles. The number of methoxy groups -OCH3 is 3. The van der Waals surface area contributed by atoms with Crippen LogP contribution in [0.15, 0.2) is 83.9 Å². The second kappa shape index (κ2) is 14.5. The molecule has 3 aliphatic heterocycles. The molecule has 0 spiro atoms. The molecule has 3 aromatic rings. The van der Waals surface area contributed by atoms with E-state index in [1.807, 2.05) is 78.9 Å². The standard InChI is InChI=1S/C36H43N5O8/c1-21(2)32(43)39-35-38-31-28(33(44)40-35)37-20-41(31)34-30(47-5)29(42)27(49-34)19-48-36(22-10-7-6-8-11-22,23-14-16-25(45-3)17-15-23)24-12-9-13-26(18-24)46-4/h6-18,20-21,27-31,34-35,38,42H,19H2,1-5H3,(H,39,43)(H,40,44)/t27-,28?,29-,30-,31?,34-,35?,36?/m1/s1. The first-order valence-electron chi connectivity index (χ1n) is 16.2. The molecule has 0 saturated carbocycles. The van der Waals surface area contributed by atoms with Gasteiger partial charge in [-0.1, -0.05) is 68.4 Å². The molecule has 2 fully saturated rings. The number of benzene rings is 3. The molecule has 49 heavy (non-hydrogen) atoms. The zero-order valence-electron chi connectivity index (χ0n) is 28.1. The number of nitrogens with zero attached hydrogens (tertiary/aromatic N) is 2. The van der Waals surface area contributed by atoms with Crippen molar-refractivity contribution in [2.24, 2.45) is 10.9 Å². The number of carbonyl (C=O) groups excluding carboxylic acids is 2. The Bertz CT molecular complexity index is 1640. The molecule has 6 rings (SSSR count). The second-order valence-electron chi connectivity index (χ2n) is 12.4. The Balaban J connectivity index is 1.31. The zero-order chi connectivity index (χ0) is 34.7. The average Bonchev–Trinajstić information content (AvgIpc) is 3.69. The number of ether oxygens (including phenoxy) is 5. The molecular weight excluding hydrogens is 630 g/mol. The number of hydrogen-bond acceptors (Lipinski definition) is 11. The lowest BCUT2D eigenvalue weighted by molar-refractivity contribution is -0.136. The lowest BCUT2D eigenvalue weighted by Gasteiger charge is -2.40. The molecule has 2 saturated heterocycles. The van der Waals surface area contributed by atoms with Gasteiger partial charge in [-0.2, -0.15) is 0 Å². The first-order chi connectivity index (χ1) is 23.7. The van der Waals surface area contributed by atoms with Gasteiger partial charge in [0.2, 0.25) is 5.91 Å². The molecule has 3 aliphatic rings. The number of hydrogen-bond donors (Lipinski definition) is 4. The van der Waals surface area contributed by atoms with Crippen molar-refractivity contribution < 1.29 is 38.4 Å². The maximum absolute atomic E-state index is 13.0. The lowest BCUT2D eigenvalue weighted by Crippen LogP contribution is -2.72. The molecular formula is C36H43N5O8. The first-order valence-corrected chi connectivity index (χ1v) is 16.2. The van der Waals surface area contributed by atoms with Crippen LogP contribution in [-0.2, 0) is 29.4 Å². The number of amides is 2. The highest BCUT2D eigenvalue weighted by atomic mass is 16.6. The van der Waals surface area contributed by atoms with E-state index >= 15 is 0 Å². The quantitative estimate of drug-likeness (QED) is 0.210. The number of aliphatic hydroxyl groups is 1. The van der Waals surface area contributed by atoms with E-state index in [9.17, 15) is 14.7 Å². The van der Waals surface area contributed by atoms with E-state index in [1.165, 1.54) is 13.4 Å². The SMILES string of the molecule is COc1ccc(C(OC[C@H]2O[C@@H](N3C=NC4C(=O)NC(NC(=O)C(C)C)NC43)[C@H](OC)[C@@H]2O)(c2ccccc2)c2cccc(OC)c2)cc1. The van der Waals surface area contributed by atoms with Crippen molar-refractivity contribution in [2.45, 2.75) is 62.5 Å².